The van der Waals surface area contributed by atoms with E-state index in [4.69, 9.17) is 5.11 Å². The summed E-state index contributed by atoms with van der Waals surface area (Å²) in [4.78, 5) is 15.1. The van der Waals surface area contributed by atoms with Gasteiger partial charge in [0.15, 0.2) is 0 Å². The van der Waals surface area contributed by atoms with Crippen LogP contribution in [0.4, 0.5) is 4.39 Å². The average Bonchev–Trinajstić information content (AvgIpc) is 2.39. The first-order valence-corrected chi connectivity index (χ1v) is 6.66. The second kappa shape index (κ2) is 6.10. The average molecular weight is 266 g/mol. The van der Waals surface area contributed by atoms with Crippen molar-refractivity contribution < 1.29 is 14.3 Å². The van der Waals surface area contributed by atoms with Crippen LogP contribution in [0.15, 0.2) is 18.3 Å². The topological polar surface area (TPSA) is 62.2 Å². The van der Waals surface area contributed by atoms with Crippen molar-refractivity contribution in [3.05, 3.63) is 29.8 Å². The van der Waals surface area contributed by atoms with Crippen molar-refractivity contribution >= 4 is 5.97 Å². The molecule has 0 amide bonds. The summed E-state index contributed by atoms with van der Waals surface area (Å²) in [7, 11) is 0. The van der Waals surface area contributed by atoms with Crippen molar-refractivity contribution in [1.29, 1.82) is 0 Å². The molecular weight excluding hydrogens is 247 g/mol. The van der Waals surface area contributed by atoms with Crippen LogP contribution in [-0.2, 0) is 4.79 Å². The predicted octanol–water partition coefficient (Wildman–Crippen LogP) is 2.51. The van der Waals surface area contributed by atoms with Gasteiger partial charge in [0.05, 0.1) is 17.8 Å². The Balaban J connectivity index is 1.93. The molecule has 5 heteroatoms. The van der Waals surface area contributed by atoms with Crippen LogP contribution in [0.2, 0.25) is 0 Å². The maximum absolute atomic E-state index is 12.8. The number of pyridine rings is 1. The van der Waals surface area contributed by atoms with Crippen LogP contribution < -0.4 is 5.32 Å². The molecule has 1 heterocycles. The molecule has 1 aliphatic rings. The van der Waals surface area contributed by atoms with Gasteiger partial charge in [0.25, 0.3) is 0 Å². The van der Waals surface area contributed by atoms with Crippen LogP contribution >= 0.6 is 0 Å². The third-order valence-electron chi connectivity index (χ3n) is 3.70. The van der Waals surface area contributed by atoms with Gasteiger partial charge < -0.3 is 10.4 Å². The SMILES string of the molecule is CC(NC1CCCC(C(=O)O)C1)c1ccc(F)cn1. The molecule has 0 aromatic carbocycles. The van der Waals surface area contributed by atoms with Gasteiger partial charge in [-0.15, -0.1) is 0 Å². The fourth-order valence-corrected chi connectivity index (χ4v) is 2.65. The Morgan fingerprint density at radius 3 is 2.95 bits per heavy atom. The number of carboxylic acids is 1. The number of carboxylic acid groups (broad SMARTS) is 1. The minimum Gasteiger partial charge on any atom is -0.481 e. The second-order valence-corrected chi connectivity index (χ2v) is 5.19. The van der Waals surface area contributed by atoms with Gasteiger partial charge in [0.1, 0.15) is 5.82 Å². The number of aromatic nitrogens is 1. The third kappa shape index (κ3) is 3.73. The minimum absolute atomic E-state index is 0.00172. The number of aliphatic carboxylic acids is 1. The molecule has 0 bridgehead atoms. The fraction of sp³-hybridized carbons (Fsp3) is 0.571. The first kappa shape index (κ1) is 13.9. The molecule has 1 saturated carbocycles. The maximum atomic E-state index is 12.8. The lowest BCUT2D eigenvalue weighted by molar-refractivity contribution is -0.143. The van der Waals surface area contributed by atoms with Crippen molar-refractivity contribution in [3.8, 4) is 0 Å². The molecule has 1 aliphatic carbocycles. The first-order chi connectivity index (χ1) is 9.06. The van der Waals surface area contributed by atoms with Crippen LogP contribution in [0, 0.1) is 11.7 Å². The van der Waals surface area contributed by atoms with Gasteiger partial charge in [-0.3, -0.25) is 9.78 Å². The van der Waals surface area contributed by atoms with E-state index in [9.17, 15) is 9.18 Å². The van der Waals surface area contributed by atoms with Gasteiger partial charge in [-0.1, -0.05) is 6.42 Å². The molecule has 1 aromatic heterocycles. The van der Waals surface area contributed by atoms with E-state index in [1.807, 2.05) is 6.92 Å². The highest BCUT2D eigenvalue weighted by Gasteiger charge is 2.27. The zero-order valence-corrected chi connectivity index (χ0v) is 11.0. The van der Waals surface area contributed by atoms with E-state index in [-0.39, 0.29) is 23.8 Å². The van der Waals surface area contributed by atoms with Gasteiger partial charge in [-0.2, -0.15) is 0 Å². The number of hydrogen-bond acceptors (Lipinski definition) is 3. The number of nitrogens with one attached hydrogen (secondary N) is 1. The van der Waals surface area contributed by atoms with Crippen molar-refractivity contribution in [3.63, 3.8) is 0 Å². The van der Waals surface area contributed by atoms with E-state index >= 15 is 0 Å². The first-order valence-electron chi connectivity index (χ1n) is 6.66. The summed E-state index contributed by atoms with van der Waals surface area (Å²) in [5, 5.41) is 12.4. The highest BCUT2D eigenvalue weighted by Crippen LogP contribution is 2.26. The Hall–Kier alpha value is -1.49. The summed E-state index contributed by atoms with van der Waals surface area (Å²) in [5.74, 6) is -1.31. The van der Waals surface area contributed by atoms with Gasteiger partial charge in [-0.05, 0) is 38.3 Å². The van der Waals surface area contributed by atoms with Crippen molar-refractivity contribution in [2.24, 2.45) is 5.92 Å². The van der Waals surface area contributed by atoms with E-state index in [0.717, 1.165) is 25.0 Å². The molecule has 0 aliphatic heterocycles. The number of rotatable bonds is 4. The lowest BCUT2D eigenvalue weighted by Crippen LogP contribution is -2.38. The highest BCUT2D eigenvalue weighted by molar-refractivity contribution is 5.70. The fourth-order valence-electron chi connectivity index (χ4n) is 2.65. The summed E-state index contributed by atoms with van der Waals surface area (Å²) in [6.45, 7) is 1.96. The molecular formula is C14H19FN2O2. The smallest absolute Gasteiger partial charge is 0.306 e. The van der Waals surface area contributed by atoms with E-state index in [0.29, 0.717) is 6.42 Å². The largest absolute Gasteiger partial charge is 0.481 e. The van der Waals surface area contributed by atoms with Gasteiger partial charge >= 0.3 is 5.97 Å². The lowest BCUT2D eigenvalue weighted by Gasteiger charge is -2.29. The van der Waals surface area contributed by atoms with Crippen LogP contribution in [-0.4, -0.2) is 22.1 Å². The molecule has 0 spiro atoms. The highest BCUT2D eigenvalue weighted by atomic mass is 19.1. The summed E-state index contributed by atoms with van der Waals surface area (Å²) < 4.78 is 12.8. The third-order valence-corrected chi connectivity index (χ3v) is 3.70. The maximum Gasteiger partial charge on any atom is 0.306 e. The molecule has 1 fully saturated rings. The molecule has 3 atom stereocenters. The summed E-state index contributed by atoms with van der Waals surface area (Å²) in [5.41, 5.74) is 0.777. The van der Waals surface area contributed by atoms with Gasteiger partial charge in [0, 0.05) is 12.1 Å². The molecule has 0 saturated heterocycles. The van der Waals surface area contributed by atoms with Crippen molar-refractivity contribution in [2.45, 2.75) is 44.7 Å². The van der Waals surface area contributed by atoms with Crippen LogP contribution in [0.25, 0.3) is 0 Å². The normalized spacial score (nSPS) is 24.9. The Morgan fingerprint density at radius 1 is 1.53 bits per heavy atom. The van der Waals surface area contributed by atoms with E-state index in [1.165, 1.54) is 12.3 Å². The molecule has 2 N–H and O–H groups in total. The lowest BCUT2D eigenvalue weighted by atomic mass is 9.85. The summed E-state index contributed by atoms with van der Waals surface area (Å²) >= 11 is 0. The minimum atomic E-state index is -0.709. The Morgan fingerprint density at radius 2 is 2.32 bits per heavy atom. The second-order valence-electron chi connectivity index (χ2n) is 5.19. The van der Waals surface area contributed by atoms with Crippen LogP contribution in [0.1, 0.15) is 44.3 Å². The zero-order chi connectivity index (χ0) is 13.8. The summed E-state index contributed by atoms with van der Waals surface area (Å²) in [6, 6.07) is 3.24. The molecule has 104 valence electrons. The van der Waals surface area contributed by atoms with E-state index < -0.39 is 5.97 Å². The predicted molar refractivity (Wildman–Crippen MR) is 69.1 cm³/mol. The number of carbonyl (C=O) groups is 1. The number of halogens is 1. The van der Waals surface area contributed by atoms with Crippen molar-refractivity contribution in [2.75, 3.05) is 0 Å². The van der Waals surface area contributed by atoms with Crippen molar-refractivity contribution in [1.82, 2.24) is 10.3 Å². The molecule has 2 rings (SSSR count). The Bertz CT molecular complexity index is 436. The van der Waals surface area contributed by atoms with E-state index in [2.05, 4.69) is 10.3 Å². The summed E-state index contributed by atoms with van der Waals surface area (Å²) in [6.07, 6.45) is 4.53. The van der Waals surface area contributed by atoms with Crippen LogP contribution in [0.5, 0.6) is 0 Å². The monoisotopic (exact) mass is 266 g/mol. The Labute approximate surface area is 112 Å². The quantitative estimate of drug-likeness (QED) is 0.879. The van der Waals surface area contributed by atoms with Crippen LogP contribution in [0.3, 0.4) is 0 Å². The standard InChI is InChI=1S/C14H19FN2O2/c1-9(13-6-5-11(15)8-16-13)17-12-4-2-3-10(7-12)14(18)19/h5-6,8-10,12,17H,2-4,7H2,1H3,(H,18,19). The number of hydrogen-bond donors (Lipinski definition) is 2. The molecule has 19 heavy (non-hydrogen) atoms. The molecule has 3 unspecified atom stereocenters. The molecule has 0 radical (unpaired) electrons. The number of nitrogens with zero attached hydrogens (tertiary/aromatic N) is 1. The molecule has 4 nitrogen and oxygen atoms in total. The molecule has 1 aromatic rings. The zero-order valence-electron chi connectivity index (χ0n) is 11.0. The van der Waals surface area contributed by atoms with Gasteiger partial charge in [0.2, 0.25) is 0 Å². The van der Waals surface area contributed by atoms with E-state index in [1.54, 1.807) is 6.07 Å². The Kier molecular flexibility index (Phi) is 4.47. The van der Waals surface area contributed by atoms with Gasteiger partial charge in [-0.25, -0.2) is 4.39 Å².